The first kappa shape index (κ1) is 17.7. The standard InChI is InChI=1S/C13H19ClN2O4S/c14-6-1-2-7-21(19,20)16-11-5-3-4-10(8-11)9-12(15)13(17)18/h3-5,8,12,16H,1-2,6-7,9,15H2,(H,17,18). The van der Waals surface area contributed by atoms with Crippen molar-refractivity contribution in [2.24, 2.45) is 5.73 Å². The first-order chi connectivity index (χ1) is 9.84. The summed E-state index contributed by atoms with van der Waals surface area (Å²) < 4.78 is 26.1. The van der Waals surface area contributed by atoms with E-state index in [0.29, 0.717) is 30.0 Å². The van der Waals surface area contributed by atoms with Crippen LogP contribution in [0.25, 0.3) is 0 Å². The van der Waals surface area contributed by atoms with Gasteiger partial charge in [-0.05, 0) is 37.0 Å². The van der Waals surface area contributed by atoms with Crippen LogP contribution >= 0.6 is 11.6 Å². The number of benzene rings is 1. The molecule has 0 aromatic heterocycles. The van der Waals surface area contributed by atoms with E-state index in [1.807, 2.05) is 0 Å². The van der Waals surface area contributed by atoms with Crippen LogP contribution in [0.4, 0.5) is 5.69 Å². The average molecular weight is 335 g/mol. The Morgan fingerprint density at radius 3 is 2.71 bits per heavy atom. The number of aliphatic carboxylic acids is 1. The van der Waals surface area contributed by atoms with Crippen LogP contribution in [0.5, 0.6) is 0 Å². The maximum atomic E-state index is 11.8. The summed E-state index contributed by atoms with van der Waals surface area (Å²) in [6.45, 7) is 0. The smallest absolute Gasteiger partial charge is 0.320 e. The molecule has 0 fully saturated rings. The molecule has 0 saturated heterocycles. The average Bonchev–Trinajstić information content (AvgIpc) is 2.38. The van der Waals surface area contributed by atoms with Crippen LogP contribution in [-0.4, -0.2) is 37.2 Å². The second kappa shape index (κ2) is 8.21. The Bertz CT molecular complexity index is 577. The zero-order valence-electron chi connectivity index (χ0n) is 11.5. The van der Waals surface area contributed by atoms with E-state index in [0.717, 1.165) is 0 Å². The summed E-state index contributed by atoms with van der Waals surface area (Å²) in [5.74, 6) is -0.668. The van der Waals surface area contributed by atoms with Gasteiger partial charge in [0.1, 0.15) is 6.04 Å². The molecule has 0 aliphatic rings. The molecule has 0 radical (unpaired) electrons. The van der Waals surface area contributed by atoms with Crippen molar-refractivity contribution in [3.05, 3.63) is 29.8 Å². The second-order valence-electron chi connectivity index (χ2n) is 4.67. The Balaban J connectivity index is 2.70. The summed E-state index contributed by atoms with van der Waals surface area (Å²) in [6, 6.07) is 5.53. The van der Waals surface area contributed by atoms with Gasteiger partial charge in [0, 0.05) is 11.6 Å². The van der Waals surface area contributed by atoms with Gasteiger partial charge in [0.25, 0.3) is 0 Å². The van der Waals surface area contributed by atoms with E-state index in [4.69, 9.17) is 22.4 Å². The molecule has 4 N–H and O–H groups in total. The number of nitrogens with one attached hydrogen (secondary N) is 1. The highest BCUT2D eigenvalue weighted by atomic mass is 35.5. The van der Waals surface area contributed by atoms with Crippen molar-refractivity contribution in [2.75, 3.05) is 16.4 Å². The molecule has 21 heavy (non-hydrogen) atoms. The Morgan fingerprint density at radius 2 is 2.10 bits per heavy atom. The second-order valence-corrected chi connectivity index (χ2v) is 6.89. The molecule has 1 rings (SSSR count). The lowest BCUT2D eigenvalue weighted by molar-refractivity contribution is -0.138. The topological polar surface area (TPSA) is 109 Å². The number of nitrogens with two attached hydrogens (primary N) is 1. The van der Waals surface area contributed by atoms with Crippen LogP contribution in [0, 0.1) is 0 Å². The van der Waals surface area contributed by atoms with Gasteiger partial charge < -0.3 is 10.8 Å². The molecule has 8 heteroatoms. The molecule has 1 aromatic rings. The lowest BCUT2D eigenvalue weighted by atomic mass is 10.1. The number of rotatable bonds is 9. The van der Waals surface area contributed by atoms with Crippen LogP contribution in [0.2, 0.25) is 0 Å². The molecule has 6 nitrogen and oxygen atoms in total. The number of carbonyl (C=O) groups is 1. The summed E-state index contributed by atoms with van der Waals surface area (Å²) >= 11 is 5.51. The number of halogens is 1. The molecule has 118 valence electrons. The van der Waals surface area contributed by atoms with Gasteiger partial charge in [-0.15, -0.1) is 11.6 Å². The van der Waals surface area contributed by atoms with E-state index in [2.05, 4.69) is 4.72 Å². The fourth-order valence-corrected chi connectivity index (χ4v) is 3.08. The monoisotopic (exact) mass is 334 g/mol. The predicted molar refractivity (Wildman–Crippen MR) is 83.1 cm³/mol. The largest absolute Gasteiger partial charge is 0.480 e. The fraction of sp³-hybridized carbons (Fsp3) is 0.462. The zero-order valence-corrected chi connectivity index (χ0v) is 13.0. The summed E-state index contributed by atoms with van der Waals surface area (Å²) in [6.07, 6.45) is 1.26. The third-order valence-electron chi connectivity index (χ3n) is 2.77. The number of hydrogen-bond donors (Lipinski definition) is 3. The number of hydrogen-bond acceptors (Lipinski definition) is 4. The molecule has 0 spiro atoms. The summed E-state index contributed by atoms with van der Waals surface area (Å²) in [7, 11) is -3.42. The van der Waals surface area contributed by atoms with Gasteiger partial charge in [0.05, 0.1) is 5.75 Å². The van der Waals surface area contributed by atoms with Crippen molar-refractivity contribution in [1.29, 1.82) is 0 Å². The quantitative estimate of drug-likeness (QED) is 0.467. The lowest BCUT2D eigenvalue weighted by Crippen LogP contribution is -2.32. The lowest BCUT2D eigenvalue weighted by Gasteiger charge is -2.10. The molecule has 0 saturated carbocycles. The van der Waals surface area contributed by atoms with Gasteiger partial charge >= 0.3 is 5.97 Å². The minimum atomic E-state index is -3.42. The molecule has 1 aromatic carbocycles. The van der Waals surface area contributed by atoms with E-state index in [-0.39, 0.29) is 12.2 Å². The molecule has 0 bridgehead atoms. The van der Waals surface area contributed by atoms with Gasteiger partial charge in [-0.25, -0.2) is 8.42 Å². The molecule has 0 aliphatic heterocycles. The zero-order chi connectivity index (χ0) is 15.9. The highest BCUT2D eigenvalue weighted by molar-refractivity contribution is 7.92. The third kappa shape index (κ3) is 6.79. The maximum absolute atomic E-state index is 11.8. The van der Waals surface area contributed by atoms with Crippen LogP contribution in [0.1, 0.15) is 18.4 Å². The van der Waals surface area contributed by atoms with E-state index in [9.17, 15) is 13.2 Å². The number of sulfonamides is 1. The van der Waals surface area contributed by atoms with Crippen molar-refractivity contribution in [3.8, 4) is 0 Å². The summed E-state index contributed by atoms with van der Waals surface area (Å²) in [4.78, 5) is 10.7. The summed E-state index contributed by atoms with van der Waals surface area (Å²) in [5.41, 5.74) is 6.51. The normalized spacial score (nSPS) is 12.9. The van der Waals surface area contributed by atoms with Crippen molar-refractivity contribution in [3.63, 3.8) is 0 Å². The van der Waals surface area contributed by atoms with E-state index in [1.165, 1.54) is 0 Å². The van der Waals surface area contributed by atoms with Crippen molar-refractivity contribution >= 4 is 33.3 Å². The van der Waals surface area contributed by atoms with Gasteiger partial charge in [0.15, 0.2) is 0 Å². The highest BCUT2D eigenvalue weighted by Gasteiger charge is 2.14. The predicted octanol–water partition coefficient (Wildman–Crippen LogP) is 1.40. The molecular formula is C13H19ClN2O4S. The van der Waals surface area contributed by atoms with E-state index < -0.39 is 22.0 Å². The van der Waals surface area contributed by atoms with E-state index >= 15 is 0 Å². The molecular weight excluding hydrogens is 316 g/mol. The number of carboxylic acids is 1. The molecule has 0 heterocycles. The Morgan fingerprint density at radius 1 is 1.38 bits per heavy atom. The van der Waals surface area contributed by atoms with Gasteiger partial charge in [0.2, 0.25) is 10.0 Å². The molecule has 1 atom stereocenters. The maximum Gasteiger partial charge on any atom is 0.320 e. The first-order valence-corrected chi connectivity index (χ1v) is 8.66. The van der Waals surface area contributed by atoms with Gasteiger partial charge in [-0.2, -0.15) is 0 Å². The van der Waals surface area contributed by atoms with Crippen molar-refractivity contribution in [1.82, 2.24) is 0 Å². The number of carboxylic acid groups (broad SMARTS) is 1. The summed E-state index contributed by atoms with van der Waals surface area (Å²) in [5, 5.41) is 8.77. The molecule has 1 unspecified atom stereocenters. The molecule has 0 amide bonds. The number of unbranched alkanes of at least 4 members (excludes halogenated alkanes) is 1. The van der Waals surface area contributed by atoms with Crippen molar-refractivity contribution in [2.45, 2.75) is 25.3 Å². The Hall–Kier alpha value is -1.31. The SMILES string of the molecule is NC(Cc1cccc(NS(=O)(=O)CCCCCl)c1)C(=O)O. The third-order valence-corrected chi connectivity index (χ3v) is 4.41. The first-order valence-electron chi connectivity index (χ1n) is 6.48. The fourth-order valence-electron chi connectivity index (χ4n) is 1.72. The van der Waals surface area contributed by atoms with Gasteiger partial charge in [-0.1, -0.05) is 12.1 Å². The van der Waals surface area contributed by atoms with Crippen molar-refractivity contribution < 1.29 is 18.3 Å². The van der Waals surface area contributed by atoms with Crippen LogP contribution in [0.15, 0.2) is 24.3 Å². The molecule has 0 aliphatic carbocycles. The number of alkyl halides is 1. The van der Waals surface area contributed by atoms with Crippen LogP contribution in [0.3, 0.4) is 0 Å². The Kier molecular flexibility index (Phi) is 6.94. The van der Waals surface area contributed by atoms with Gasteiger partial charge in [-0.3, -0.25) is 9.52 Å². The van der Waals surface area contributed by atoms with Crippen LogP contribution in [-0.2, 0) is 21.2 Å². The number of anilines is 1. The highest BCUT2D eigenvalue weighted by Crippen LogP contribution is 2.14. The van der Waals surface area contributed by atoms with Crippen LogP contribution < -0.4 is 10.5 Å². The Labute approximate surface area is 129 Å². The minimum Gasteiger partial charge on any atom is -0.480 e. The minimum absolute atomic E-state index is 0.00140. The van der Waals surface area contributed by atoms with E-state index in [1.54, 1.807) is 24.3 Å².